The van der Waals surface area contributed by atoms with Crippen LogP contribution in [-0.4, -0.2) is 30.9 Å². The van der Waals surface area contributed by atoms with E-state index in [0.717, 1.165) is 37.9 Å². The SMILES string of the molecule is CCOCCNCCn1ccc2ccc(Cl)cc21. The van der Waals surface area contributed by atoms with Gasteiger partial charge in [-0.15, -0.1) is 0 Å². The molecule has 2 rings (SSSR count). The van der Waals surface area contributed by atoms with Crippen molar-refractivity contribution in [1.82, 2.24) is 9.88 Å². The average molecular weight is 267 g/mol. The van der Waals surface area contributed by atoms with Crippen LogP contribution >= 0.6 is 11.6 Å². The Morgan fingerprint density at radius 1 is 1.28 bits per heavy atom. The lowest BCUT2D eigenvalue weighted by molar-refractivity contribution is 0.149. The van der Waals surface area contributed by atoms with E-state index in [0.29, 0.717) is 0 Å². The van der Waals surface area contributed by atoms with Crippen molar-refractivity contribution in [2.75, 3.05) is 26.3 Å². The van der Waals surface area contributed by atoms with Crippen LogP contribution in [0, 0.1) is 0 Å². The van der Waals surface area contributed by atoms with E-state index < -0.39 is 0 Å². The molecule has 1 aromatic carbocycles. The molecule has 0 amide bonds. The minimum absolute atomic E-state index is 0.773. The Morgan fingerprint density at radius 2 is 2.17 bits per heavy atom. The number of benzene rings is 1. The largest absolute Gasteiger partial charge is 0.380 e. The van der Waals surface area contributed by atoms with Gasteiger partial charge in [0.2, 0.25) is 0 Å². The minimum atomic E-state index is 0.773. The molecular weight excluding hydrogens is 248 g/mol. The Balaban J connectivity index is 1.86. The molecule has 0 aliphatic heterocycles. The zero-order chi connectivity index (χ0) is 12.8. The molecule has 2 aromatic rings. The van der Waals surface area contributed by atoms with E-state index in [-0.39, 0.29) is 0 Å². The van der Waals surface area contributed by atoms with Gasteiger partial charge in [0.05, 0.1) is 6.61 Å². The van der Waals surface area contributed by atoms with E-state index in [1.54, 1.807) is 0 Å². The molecule has 0 bridgehead atoms. The van der Waals surface area contributed by atoms with Gasteiger partial charge in [-0.3, -0.25) is 0 Å². The molecule has 98 valence electrons. The second-order valence-corrected chi connectivity index (χ2v) is 4.60. The summed E-state index contributed by atoms with van der Waals surface area (Å²) in [6.45, 7) is 6.33. The van der Waals surface area contributed by atoms with Gasteiger partial charge in [-0.25, -0.2) is 0 Å². The Hall–Kier alpha value is -1.03. The number of halogens is 1. The predicted molar refractivity (Wildman–Crippen MR) is 76.3 cm³/mol. The Bertz CT molecular complexity index is 495. The maximum absolute atomic E-state index is 6.02. The van der Waals surface area contributed by atoms with Crippen LogP contribution in [0.15, 0.2) is 30.5 Å². The molecule has 3 nitrogen and oxygen atoms in total. The van der Waals surface area contributed by atoms with Crippen LogP contribution in [0.4, 0.5) is 0 Å². The monoisotopic (exact) mass is 266 g/mol. The molecule has 0 spiro atoms. The third kappa shape index (κ3) is 3.48. The third-order valence-corrected chi connectivity index (χ3v) is 3.13. The molecule has 0 saturated carbocycles. The Morgan fingerprint density at radius 3 is 3.00 bits per heavy atom. The van der Waals surface area contributed by atoms with Crippen LogP contribution in [0.2, 0.25) is 5.02 Å². The molecule has 1 aromatic heterocycles. The average Bonchev–Trinajstić information content (AvgIpc) is 2.76. The fraction of sp³-hybridized carbons (Fsp3) is 0.429. The molecular formula is C14H19ClN2O. The summed E-state index contributed by atoms with van der Waals surface area (Å²) in [5.74, 6) is 0. The van der Waals surface area contributed by atoms with E-state index in [1.807, 2.05) is 19.1 Å². The maximum Gasteiger partial charge on any atom is 0.0590 e. The normalized spacial score (nSPS) is 11.2. The van der Waals surface area contributed by atoms with Crippen LogP contribution < -0.4 is 5.32 Å². The maximum atomic E-state index is 6.02. The van der Waals surface area contributed by atoms with Crippen molar-refractivity contribution >= 4 is 22.5 Å². The van der Waals surface area contributed by atoms with Crippen molar-refractivity contribution in [3.8, 4) is 0 Å². The van der Waals surface area contributed by atoms with Crippen molar-refractivity contribution in [1.29, 1.82) is 0 Å². The molecule has 1 heterocycles. The number of ether oxygens (including phenoxy) is 1. The van der Waals surface area contributed by atoms with Gasteiger partial charge in [-0.1, -0.05) is 17.7 Å². The topological polar surface area (TPSA) is 26.2 Å². The fourth-order valence-electron chi connectivity index (χ4n) is 1.97. The van der Waals surface area contributed by atoms with Crippen LogP contribution in [-0.2, 0) is 11.3 Å². The van der Waals surface area contributed by atoms with E-state index in [2.05, 4.69) is 28.2 Å². The summed E-state index contributed by atoms with van der Waals surface area (Å²) in [7, 11) is 0. The summed E-state index contributed by atoms with van der Waals surface area (Å²) in [6, 6.07) is 8.11. The lowest BCUT2D eigenvalue weighted by Gasteiger charge is -2.07. The number of rotatable bonds is 7. The second kappa shape index (κ2) is 6.78. The lowest BCUT2D eigenvalue weighted by Crippen LogP contribution is -2.23. The van der Waals surface area contributed by atoms with Crippen LogP contribution in [0.1, 0.15) is 6.92 Å². The highest BCUT2D eigenvalue weighted by molar-refractivity contribution is 6.31. The zero-order valence-electron chi connectivity index (χ0n) is 10.7. The first-order valence-corrected chi connectivity index (χ1v) is 6.72. The molecule has 0 fully saturated rings. The first-order valence-electron chi connectivity index (χ1n) is 6.34. The molecule has 1 N–H and O–H groups in total. The van der Waals surface area contributed by atoms with Crippen LogP contribution in [0.3, 0.4) is 0 Å². The van der Waals surface area contributed by atoms with Crippen LogP contribution in [0.25, 0.3) is 10.9 Å². The molecule has 0 aliphatic carbocycles. The van der Waals surface area contributed by atoms with Gasteiger partial charge in [0.15, 0.2) is 0 Å². The van der Waals surface area contributed by atoms with Crippen molar-refractivity contribution in [2.45, 2.75) is 13.5 Å². The molecule has 18 heavy (non-hydrogen) atoms. The van der Waals surface area contributed by atoms with Crippen molar-refractivity contribution < 1.29 is 4.74 Å². The highest BCUT2D eigenvalue weighted by Crippen LogP contribution is 2.20. The quantitative estimate of drug-likeness (QED) is 0.780. The summed E-state index contributed by atoms with van der Waals surface area (Å²) in [5, 5.41) is 5.37. The number of hydrogen-bond acceptors (Lipinski definition) is 2. The molecule has 0 radical (unpaired) electrons. The number of aromatic nitrogens is 1. The summed E-state index contributed by atoms with van der Waals surface area (Å²) in [6.07, 6.45) is 2.10. The van der Waals surface area contributed by atoms with Gasteiger partial charge in [-0.2, -0.15) is 0 Å². The Labute approximate surface area is 113 Å². The summed E-state index contributed by atoms with van der Waals surface area (Å²) < 4.78 is 7.49. The highest BCUT2D eigenvalue weighted by Gasteiger charge is 2.01. The number of hydrogen-bond donors (Lipinski definition) is 1. The van der Waals surface area contributed by atoms with E-state index in [4.69, 9.17) is 16.3 Å². The highest BCUT2D eigenvalue weighted by atomic mass is 35.5. The van der Waals surface area contributed by atoms with Crippen LogP contribution in [0.5, 0.6) is 0 Å². The Kier molecular flexibility index (Phi) is 5.05. The van der Waals surface area contributed by atoms with Gasteiger partial charge >= 0.3 is 0 Å². The first kappa shape index (κ1) is 13.4. The van der Waals surface area contributed by atoms with Gasteiger partial charge in [0.25, 0.3) is 0 Å². The van der Waals surface area contributed by atoms with Gasteiger partial charge in [-0.05, 0) is 30.5 Å². The van der Waals surface area contributed by atoms with Gasteiger partial charge in [0.1, 0.15) is 0 Å². The molecule has 0 unspecified atom stereocenters. The third-order valence-electron chi connectivity index (χ3n) is 2.89. The minimum Gasteiger partial charge on any atom is -0.380 e. The standard InChI is InChI=1S/C14H19ClN2O/c1-2-18-10-7-16-6-9-17-8-5-12-3-4-13(15)11-14(12)17/h3-5,8,11,16H,2,6-7,9-10H2,1H3. The predicted octanol–water partition coefficient (Wildman–Crippen LogP) is 2.92. The van der Waals surface area contributed by atoms with Crippen molar-refractivity contribution in [2.24, 2.45) is 0 Å². The second-order valence-electron chi connectivity index (χ2n) is 4.16. The van der Waals surface area contributed by atoms with E-state index in [9.17, 15) is 0 Å². The zero-order valence-corrected chi connectivity index (χ0v) is 11.4. The molecule has 4 heteroatoms. The first-order chi connectivity index (χ1) is 8.81. The van der Waals surface area contributed by atoms with Crippen molar-refractivity contribution in [3.05, 3.63) is 35.5 Å². The van der Waals surface area contributed by atoms with Gasteiger partial charge in [0, 0.05) is 43.0 Å². The van der Waals surface area contributed by atoms with E-state index in [1.165, 1.54) is 10.9 Å². The summed E-state index contributed by atoms with van der Waals surface area (Å²) >= 11 is 6.02. The van der Waals surface area contributed by atoms with Gasteiger partial charge < -0.3 is 14.6 Å². The summed E-state index contributed by atoms with van der Waals surface area (Å²) in [4.78, 5) is 0. The van der Waals surface area contributed by atoms with E-state index >= 15 is 0 Å². The summed E-state index contributed by atoms with van der Waals surface area (Å²) in [5.41, 5.74) is 1.19. The molecule has 0 aliphatic rings. The molecule has 0 saturated heterocycles. The number of nitrogens with one attached hydrogen (secondary N) is 1. The molecule has 0 atom stereocenters. The van der Waals surface area contributed by atoms with Crippen molar-refractivity contribution in [3.63, 3.8) is 0 Å². The fourth-order valence-corrected chi connectivity index (χ4v) is 2.13. The number of nitrogens with zero attached hydrogens (tertiary/aromatic N) is 1. The lowest BCUT2D eigenvalue weighted by atomic mass is 10.2. The smallest absolute Gasteiger partial charge is 0.0590 e. The number of fused-ring (bicyclic) bond motifs is 1.